The topological polar surface area (TPSA) is 21.1 Å². The van der Waals surface area contributed by atoms with Crippen LogP contribution in [0.2, 0.25) is 0 Å². The number of likely N-dealkylation sites (tertiary alicyclic amines) is 1. The zero-order chi connectivity index (χ0) is 15.2. The number of benzene rings is 1. The summed E-state index contributed by atoms with van der Waals surface area (Å²) in [6, 6.07) is 10.8. The van der Waals surface area contributed by atoms with Crippen LogP contribution in [0.3, 0.4) is 0 Å². The zero-order valence-electron chi connectivity index (χ0n) is 13.6. The van der Waals surface area contributed by atoms with E-state index in [1.165, 1.54) is 50.9 Å². The first kappa shape index (κ1) is 15.3. The van der Waals surface area contributed by atoms with Crippen molar-refractivity contribution in [1.82, 2.24) is 14.5 Å². The first-order valence-corrected chi connectivity index (χ1v) is 8.55. The summed E-state index contributed by atoms with van der Waals surface area (Å²) in [6.07, 6.45) is 9.18. The third kappa shape index (κ3) is 4.20. The van der Waals surface area contributed by atoms with Gasteiger partial charge in [-0.1, -0.05) is 30.3 Å². The fraction of sp³-hybridized carbons (Fsp3) is 0.526. The Bertz CT molecular complexity index is 561. The van der Waals surface area contributed by atoms with Crippen molar-refractivity contribution >= 4 is 0 Å². The van der Waals surface area contributed by atoms with Crippen molar-refractivity contribution in [2.75, 3.05) is 19.6 Å². The second-order valence-corrected chi connectivity index (χ2v) is 6.52. The summed E-state index contributed by atoms with van der Waals surface area (Å²) in [5, 5.41) is 0. The molecule has 3 nitrogen and oxygen atoms in total. The predicted molar refractivity (Wildman–Crippen MR) is 90.9 cm³/mol. The Hall–Kier alpha value is -1.61. The fourth-order valence-corrected chi connectivity index (χ4v) is 3.53. The second-order valence-electron chi connectivity index (χ2n) is 6.52. The summed E-state index contributed by atoms with van der Waals surface area (Å²) in [5.74, 6) is 1.92. The van der Waals surface area contributed by atoms with E-state index in [4.69, 9.17) is 0 Å². The standard InChI is InChI=1S/C19H27N3/c1-17-20-11-14-22(17)16-19-10-6-13-21(15-19)12-5-9-18-7-3-2-4-8-18/h2-4,7-8,11,14,19H,5-6,9-10,12-13,15-16H2,1H3/t19-/m0/s1. The van der Waals surface area contributed by atoms with Gasteiger partial charge in [-0.3, -0.25) is 0 Å². The number of hydrogen-bond acceptors (Lipinski definition) is 2. The van der Waals surface area contributed by atoms with Crippen molar-refractivity contribution in [1.29, 1.82) is 0 Å². The van der Waals surface area contributed by atoms with E-state index in [-0.39, 0.29) is 0 Å². The van der Waals surface area contributed by atoms with E-state index in [0.717, 1.165) is 18.3 Å². The molecular weight excluding hydrogens is 270 g/mol. The highest BCUT2D eigenvalue weighted by atomic mass is 15.1. The Balaban J connectivity index is 1.43. The molecule has 1 atom stereocenters. The molecule has 0 N–H and O–H groups in total. The van der Waals surface area contributed by atoms with Crippen LogP contribution in [0.4, 0.5) is 0 Å². The minimum Gasteiger partial charge on any atom is -0.335 e. The molecule has 0 spiro atoms. The molecule has 0 unspecified atom stereocenters. The van der Waals surface area contributed by atoms with Crippen LogP contribution in [-0.2, 0) is 13.0 Å². The number of aryl methyl sites for hydroxylation is 2. The first-order chi connectivity index (χ1) is 10.8. The van der Waals surface area contributed by atoms with Crippen molar-refractivity contribution in [3.8, 4) is 0 Å². The van der Waals surface area contributed by atoms with Crippen molar-refractivity contribution in [2.45, 2.75) is 39.2 Å². The van der Waals surface area contributed by atoms with Crippen LogP contribution in [0.15, 0.2) is 42.7 Å². The van der Waals surface area contributed by atoms with Crippen LogP contribution >= 0.6 is 0 Å². The van der Waals surface area contributed by atoms with E-state index in [0.29, 0.717) is 0 Å². The summed E-state index contributed by atoms with van der Waals surface area (Å²) in [5.41, 5.74) is 1.46. The molecule has 1 aromatic carbocycles. The smallest absolute Gasteiger partial charge is 0.105 e. The number of imidazole rings is 1. The van der Waals surface area contributed by atoms with Gasteiger partial charge in [-0.25, -0.2) is 4.98 Å². The maximum absolute atomic E-state index is 4.33. The maximum atomic E-state index is 4.33. The fourth-order valence-electron chi connectivity index (χ4n) is 3.53. The van der Waals surface area contributed by atoms with E-state index >= 15 is 0 Å². The van der Waals surface area contributed by atoms with Crippen LogP contribution in [0.1, 0.15) is 30.7 Å². The van der Waals surface area contributed by atoms with Gasteiger partial charge < -0.3 is 9.47 Å². The lowest BCUT2D eigenvalue weighted by molar-refractivity contribution is 0.161. The number of hydrogen-bond donors (Lipinski definition) is 0. The second kappa shape index (κ2) is 7.59. The van der Waals surface area contributed by atoms with E-state index < -0.39 is 0 Å². The molecule has 0 bridgehead atoms. The SMILES string of the molecule is Cc1nccn1C[C@H]1CCCN(CCCc2ccccc2)C1. The minimum absolute atomic E-state index is 0.776. The third-order valence-corrected chi connectivity index (χ3v) is 4.76. The Morgan fingerprint density at radius 3 is 2.86 bits per heavy atom. The Kier molecular flexibility index (Phi) is 5.28. The van der Waals surface area contributed by atoms with Crippen LogP contribution in [0, 0.1) is 12.8 Å². The van der Waals surface area contributed by atoms with Crippen molar-refractivity contribution in [3.63, 3.8) is 0 Å². The summed E-state index contributed by atoms with van der Waals surface area (Å²) in [4.78, 5) is 6.99. The summed E-state index contributed by atoms with van der Waals surface area (Å²) < 4.78 is 2.30. The summed E-state index contributed by atoms with van der Waals surface area (Å²) in [6.45, 7) is 6.97. The van der Waals surface area contributed by atoms with Gasteiger partial charge in [0.2, 0.25) is 0 Å². The summed E-state index contributed by atoms with van der Waals surface area (Å²) in [7, 11) is 0. The van der Waals surface area contributed by atoms with Gasteiger partial charge in [-0.15, -0.1) is 0 Å². The van der Waals surface area contributed by atoms with E-state index in [2.05, 4.69) is 57.9 Å². The average Bonchev–Trinajstić information content (AvgIpc) is 2.94. The first-order valence-electron chi connectivity index (χ1n) is 8.55. The molecule has 1 aromatic heterocycles. The molecule has 2 aromatic rings. The highest BCUT2D eigenvalue weighted by Crippen LogP contribution is 2.19. The van der Waals surface area contributed by atoms with Crippen molar-refractivity contribution in [3.05, 3.63) is 54.1 Å². The highest BCUT2D eigenvalue weighted by molar-refractivity contribution is 5.14. The largest absolute Gasteiger partial charge is 0.335 e. The van der Waals surface area contributed by atoms with E-state index in [1.807, 2.05) is 6.20 Å². The molecule has 2 heterocycles. The van der Waals surface area contributed by atoms with Crippen molar-refractivity contribution < 1.29 is 0 Å². The van der Waals surface area contributed by atoms with Gasteiger partial charge in [0, 0.05) is 25.5 Å². The third-order valence-electron chi connectivity index (χ3n) is 4.76. The molecule has 1 aliphatic heterocycles. The molecule has 3 rings (SSSR count). The Morgan fingerprint density at radius 2 is 2.09 bits per heavy atom. The quantitative estimate of drug-likeness (QED) is 0.813. The molecule has 3 heteroatoms. The van der Waals surface area contributed by atoms with E-state index in [1.54, 1.807) is 0 Å². The van der Waals surface area contributed by atoms with Gasteiger partial charge in [0.25, 0.3) is 0 Å². The van der Waals surface area contributed by atoms with Gasteiger partial charge >= 0.3 is 0 Å². The van der Waals surface area contributed by atoms with Gasteiger partial charge in [-0.2, -0.15) is 0 Å². The van der Waals surface area contributed by atoms with Crippen LogP contribution in [0.5, 0.6) is 0 Å². The molecule has 1 saturated heterocycles. The zero-order valence-corrected chi connectivity index (χ0v) is 13.6. The lowest BCUT2D eigenvalue weighted by Crippen LogP contribution is -2.37. The Morgan fingerprint density at radius 1 is 1.23 bits per heavy atom. The van der Waals surface area contributed by atoms with Crippen molar-refractivity contribution in [2.24, 2.45) is 5.92 Å². The van der Waals surface area contributed by atoms with Crippen LogP contribution in [-0.4, -0.2) is 34.1 Å². The molecule has 22 heavy (non-hydrogen) atoms. The van der Waals surface area contributed by atoms with Gasteiger partial charge in [0.15, 0.2) is 0 Å². The predicted octanol–water partition coefficient (Wildman–Crippen LogP) is 3.54. The highest BCUT2D eigenvalue weighted by Gasteiger charge is 2.20. The maximum Gasteiger partial charge on any atom is 0.105 e. The van der Waals surface area contributed by atoms with Crippen LogP contribution in [0.25, 0.3) is 0 Å². The number of piperidine rings is 1. The van der Waals surface area contributed by atoms with E-state index in [9.17, 15) is 0 Å². The number of nitrogens with zero attached hydrogens (tertiary/aromatic N) is 3. The monoisotopic (exact) mass is 297 g/mol. The number of aromatic nitrogens is 2. The number of rotatable bonds is 6. The van der Waals surface area contributed by atoms with Gasteiger partial charge in [-0.05, 0) is 57.2 Å². The minimum atomic E-state index is 0.776. The average molecular weight is 297 g/mol. The normalized spacial score (nSPS) is 19.4. The molecule has 0 amide bonds. The summed E-state index contributed by atoms with van der Waals surface area (Å²) >= 11 is 0. The lowest BCUT2D eigenvalue weighted by Gasteiger charge is -2.33. The molecule has 0 aliphatic carbocycles. The lowest BCUT2D eigenvalue weighted by atomic mass is 9.97. The molecule has 1 fully saturated rings. The van der Waals surface area contributed by atoms with Gasteiger partial charge in [0.05, 0.1) is 0 Å². The van der Waals surface area contributed by atoms with Gasteiger partial charge in [0.1, 0.15) is 5.82 Å². The Labute approximate surface area is 134 Å². The molecule has 1 aliphatic rings. The molecule has 118 valence electrons. The van der Waals surface area contributed by atoms with Crippen LogP contribution < -0.4 is 0 Å². The molecule has 0 radical (unpaired) electrons. The molecular formula is C19H27N3. The molecule has 0 saturated carbocycles.